The maximum absolute atomic E-state index is 11.5. The van der Waals surface area contributed by atoms with Crippen molar-refractivity contribution >= 4 is 17.7 Å². The molecule has 0 radical (unpaired) electrons. The summed E-state index contributed by atoms with van der Waals surface area (Å²) >= 11 is 0. The standard InChI is InChI=1S/C11H12N2O4/c1-7(14)5-13-10(15)8-3-4-9(12-6-8)11(16)17-2/h3-4,6H,5H2,1-2H3,(H,13,15). The topological polar surface area (TPSA) is 85.4 Å². The van der Waals surface area contributed by atoms with Gasteiger partial charge in [-0.1, -0.05) is 0 Å². The number of ketones is 1. The Morgan fingerprint density at radius 2 is 2.06 bits per heavy atom. The van der Waals surface area contributed by atoms with Gasteiger partial charge in [-0.05, 0) is 19.1 Å². The van der Waals surface area contributed by atoms with Crippen LogP contribution in [0.3, 0.4) is 0 Å². The lowest BCUT2D eigenvalue weighted by Gasteiger charge is -2.03. The van der Waals surface area contributed by atoms with Crippen molar-refractivity contribution in [2.75, 3.05) is 13.7 Å². The summed E-state index contributed by atoms with van der Waals surface area (Å²) in [6, 6.07) is 2.82. The van der Waals surface area contributed by atoms with E-state index >= 15 is 0 Å². The van der Waals surface area contributed by atoms with Crippen molar-refractivity contribution in [3.8, 4) is 0 Å². The van der Waals surface area contributed by atoms with Crippen LogP contribution in [0, 0.1) is 0 Å². The van der Waals surface area contributed by atoms with E-state index in [0.717, 1.165) is 0 Å². The Hall–Kier alpha value is -2.24. The molecule has 0 aliphatic carbocycles. The highest BCUT2D eigenvalue weighted by atomic mass is 16.5. The Balaban J connectivity index is 2.70. The third kappa shape index (κ3) is 3.67. The number of carbonyl (C=O) groups is 3. The second-order valence-electron chi connectivity index (χ2n) is 3.31. The molecule has 0 saturated carbocycles. The van der Waals surface area contributed by atoms with Crippen LogP contribution in [0.15, 0.2) is 18.3 Å². The van der Waals surface area contributed by atoms with E-state index in [2.05, 4.69) is 15.0 Å². The minimum atomic E-state index is -0.569. The van der Waals surface area contributed by atoms with Crippen LogP contribution in [0.5, 0.6) is 0 Å². The number of carbonyl (C=O) groups excluding carboxylic acids is 3. The number of hydrogen-bond donors (Lipinski definition) is 1. The zero-order valence-electron chi connectivity index (χ0n) is 9.52. The Kier molecular flexibility index (Phi) is 4.33. The van der Waals surface area contributed by atoms with Gasteiger partial charge < -0.3 is 10.1 Å². The van der Waals surface area contributed by atoms with Crippen LogP contribution in [0.2, 0.25) is 0 Å². The summed E-state index contributed by atoms with van der Waals surface area (Å²) in [4.78, 5) is 37.0. The fraction of sp³-hybridized carbons (Fsp3) is 0.273. The lowest BCUT2D eigenvalue weighted by atomic mass is 10.2. The summed E-state index contributed by atoms with van der Waals surface area (Å²) < 4.78 is 4.47. The normalized spacial score (nSPS) is 9.53. The highest BCUT2D eigenvalue weighted by Gasteiger charge is 2.10. The molecule has 1 heterocycles. The van der Waals surface area contributed by atoms with Gasteiger partial charge in [-0.3, -0.25) is 9.59 Å². The molecule has 1 rings (SSSR count). The number of hydrogen-bond acceptors (Lipinski definition) is 5. The lowest BCUT2D eigenvalue weighted by Crippen LogP contribution is -2.28. The van der Waals surface area contributed by atoms with Crippen molar-refractivity contribution in [2.24, 2.45) is 0 Å². The monoisotopic (exact) mass is 236 g/mol. The number of aromatic nitrogens is 1. The molecule has 1 amide bonds. The predicted octanol–water partition coefficient (Wildman–Crippen LogP) is 0.187. The molecule has 0 bridgehead atoms. The van der Waals surface area contributed by atoms with Crippen LogP contribution in [0.4, 0.5) is 0 Å². The van der Waals surface area contributed by atoms with Crippen molar-refractivity contribution in [2.45, 2.75) is 6.92 Å². The van der Waals surface area contributed by atoms with Crippen molar-refractivity contribution in [3.63, 3.8) is 0 Å². The van der Waals surface area contributed by atoms with Gasteiger partial charge in [-0.25, -0.2) is 9.78 Å². The average Bonchev–Trinajstić information content (AvgIpc) is 2.35. The second kappa shape index (κ2) is 5.74. The number of Topliss-reactive ketones (excluding diaryl/α,β-unsaturated/α-hetero) is 1. The molecule has 0 aliphatic rings. The van der Waals surface area contributed by atoms with Gasteiger partial charge in [0.15, 0.2) is 0 Å². The molecular weight excluding hydrogens is 224 g/mol. The summed E-state index contributed by atoms with van der Waals surface area (Å²) in [5.41, 5.74) is 0.398. The molecule has 0 saturated heterocycles. The van der Waals surface area contributed by atoms with Gasteiger partial charge >= 0.3 is 5.97 Å². The van der Waals surface area contributed by atoms with Crippen LogP contribution in [0.1, 0.15) is 27.8 Å². The van der Waals surface area contributed by atoms with Gasteiger partial charge in [0.25, 0.3) is 5.91 Å². The quantitative estimate of drug-likeness (QED) is 0.754. The summed E-state index contributed by atoms with van der Waals surface area (Å²) in [5.74, 6) is -1.12. The first-order chi connectivity index (χ1) is 8.04. The van der Waals surface area contributed by atoms with Gasteiger partial charge in [0.05, 0.1) is 19.2 Å². The van der Waals surface area contributed by atoms with Crippen molar-refractivity contribution < 1.29 is 19.1 Å². The van der Waals surface area contributed by atoms with E-state index in [9.17, 15) is 14.4 Å². The van der Waals surface area contributed by atoms with Crippen molar-refractivity contribution in [1.29, 1.82) is 0 Å². The molecule has 1 aromatic rings. The summed E-state index contributed by atoms with van der Waals surface area (Å²) in [5, 5.41) is 2.42. The van der Waals surface area contributed by atoms with E-state index in [1.165, 1.54) is 32.4 Å². The number of rotatable bonds is 4. The fourth-order valence-corrected chi connectivity index (χ4v) is 1.06. The summed E-state index contributed by atoms with van der Waals surface area (Å²) in [7, 11) is 1.25. The molecule has 17 heavy (non-hydrogen) atoms. The second-order valence-corrected chi connectivity index (χ2v) is 3.31. The van der Waals surface area contributed by atoms with Gasteiger partial charge in [0, 0.05) is 6.20 Å². The molecule has 0 spiro atoms. The highest BCUT2D eigenvalue weighted by molar-refractivity contribution is 5.96. The van der Waals surface area contributed by atoms with Gasteiger partial charge in [-0.15, -0.1) is 0 Å². The van der Waals surface area contributed by atoms with Gasteiger partial charge in [0.1, 0.15) is 11.5 Å². The predicted molar refractivity (Wildman–Crippen MR) is 58.6 cm³/mol. The van der Waals surface area contributed by atoms with E-state index in [4.69, 9.17) is 0 Å². The van der Waals surface area contributed by atoms with Gasteiger partial charge in [-0.2, -0.15) is 0 Å². The highest BCUT2D eigenvalue weighted by Crippen LogP contribution is 2.01. The average molecular weight is 236 g/mol. The first-order valence-electron chi connectivity index (χ1n) is 4.86. The zero-order valence-corrected chi connectivity index (χ0v) is 9.52. The van der Waals surface area contributed by atoms with Crippen molar-refractivity contribution in [1.82, 2.24) is 10.3 Å². The number of nitrogens with one attached hydrogen (secondary N) is 1. The summed E-state index contributed by atoms with van der Waals surface area (Å²) in [6.45, 7) is 1.34. The molecule has 1 N–H and O–H groups in total. The van der Waals surface area contributed by atoms with Crippen LogP contribution in [-0.4, -0.2) is 36.3 Å². The van der Waals surface area contributed by atoms with E-state index in [-0.39, 0.29) is 23.6 Å². The minimum Gasteiger partial charge on any atom is -0.464 e. The lowest BCUT2D eigenvalue weighted by molar-refractivity contribution is -0.116. The first kappa shape index (κ1) is 12.8. The van der Waals surface area contributed by atoms with E-state index in [0.29, 0.717) is 0 Å². The molecule has 90 valence electrons. The molecule has 0 unspecified atom stereocenters. The number of methoxy groups -OCH3 is 1. The number of esters is 1. The molecule has 1 aromatic heterocycles. The molecular formula is C11H12N2O4. The SMILES string of the molecule is COC(=O)c1ccc(C(=O)NCC(C)=O)cn1. The third-order valence-corrected chi connectivity index (χ3v) is 1.92. The molecule has 6 nitrogen and oxygen atoms in total. The van der Waals surface area contributed by atoms with E-state index in [1.807, 2.05) is 0 Å². The number of pyridine rings is 1. The van der Waals surface area contributed by atoms with Crippen LogP contribution >= 0.6 is 0 Å². The van der Waals surface area contributed by atoms with Crippen LogP contribution < -0.4 is 5.32 Å². The molecule has 0 fully saturated rings. The number of amides is 1. The minimum absolute atomic E-state index is 0.0302. The Labute approximate surface area is 98.0 Å². The maximum atomic E-state index is 11.5. The largest absolute Gasteiger partial charge is 0.464 e. The first-order valence-corrected chi connectivity index (χ1v) is 4.86. The fourth-order valence-electron chi connectivity index (χ4n) is 1.06. The van der Waals surface area contributed by atoms with E-state index < -0.39 is 11.9 Å². The number of nitrogens with zero attached hydrogens (tertiary/aromatic N) is 1. The molecule has 0 atom stereocenters. The van der Waals surface area contributed by atoms with E-state index in [1.54, 1.807) is 0 Å². The van der Waals surface area contributed by atoms with Crippen LogP contribution in [0.25, 0.3) is 0 Å². The summed E-state index contributed by atoms with van der Waals surface area (Å²) in [6.07, 6.45) is 1.25. The van der Waals surface area contributed by atoms with Crippen molar-refractivity contribution in [3.05, 3.63) is 29.6 Å². The number of ether oxygens (including phenoxy) is 1. The maximum Gasteiger partial charge on any atom is 0.356 e. The Bertz CT molecular complexity index is 439. The third-order valence-electron chi connectivity index (χ3n) is 1.92. The van der Waals surface area contributed by atoms with Crippen LogP contribution in [-0.2, 0) is 9.53 Å². The smallest absolute Gasteiger partial charge is 0.356 e. The molecule has 0 aromatic carbocycles. The Morgan fingerprint density at radius 1 is 1.35 bits per heavy atom. The zero-order chi connectivity index (χ0) is 12.8. The van der Waals surface area contributed by atoms with Gasteiger partial charge in [0.2, 0.25) is 0 Å². The molecule has 6 heteroatoms. The molecule has 0 aliphatic heterocycles. The Morgan fingerprint density at radius 3 is 2.53 bits per heavy atom.